The number of methoxy groups -OCH3 is 1. The van der Waals surface area contributed by atoms with Crippen LogP contribution in [0.3, 0.4) is 0 Å². The summed E-state index contributed by atoms with van der Waals surface area (Å²) in [5.41, 5.74) is 1.67. The molecule has 2 fully saturated rings. The van der Waals surface area contributed by atoms with Crippen molar-refractivity contribution in [3.05, 3.63) is 71.5 Å². The third-order valence-electron chi connectivity index (χ3n) is 7.27. The Kier molecular flexibility index (Phi) is 7.41. The van der Waals surface area contributed by atoms with Crippen LogP contribution in [0.4, 0.5) is 0 Å². The van der Waals surface area contributed by atoms with E-state index >= 15 is 0 Å². The van der Waals surface area contributed by atoms with Gasteiger partial charge in [-0.15, -0.1) is 0 Å². The summed E-state index contributed by atoms with van der Waals surface area (Å²) in [4.78, 5) is 14.9. The van der Waals surface area contributed by atoms with Crippen molar-refractivity contribution in [3.63, 3.8) is 0 Å². The lowest BCUT2D eigenvalue weighted by molar-refractivity contribution is -0.0232. The topological polar surface area (TPSA) is 84.2 Å². The van der Waals surface area contributed by atoms with Gasteiger partial charge in [0.05, 0.1) is 18.8 Å². The molecule has 2 aromatic carbocycles. The van der Waals surface area contributed by atoms with Crippen LogP contribution >= 0.6 is 0 Å². The molecule has 190 valence electrons. The summed E-state index contributed by atoms with van der Waals surface area (Å²) in [5.74, 6) is 0.903. The van der Waals surface area contributed by atoms with E-state index in [-0.39, 0.29) is 17.8 Å². The smallest absolute Gasteiger partial charge is 0.287 e. The summed E-state index contributed by atoms with van der Waals surface area (Å²) in [7, 11) is 1.68. The van der Waals surface area contributed by atoms with E-state index in [2.05, 4.69) is 22.4 Å². The lowest BCUT2D eigenvalue weighted by Gasteiger charge is -2.38. The molecule has 1 atom stereocenters. The van der Waals surface area contributed by atoms with Crippen molar-refractivity contribution >= 4 is 23.0 Å². The molecule has 0 aliphatic carbocycles. The van der Waals surface area contributed by atoms with E-state index in [1.165, 1.54) is 0 Å². The second-order valence-corrected chi connectivity index (χ2v) is 9.68. The standard InChI is InChI=1S/C29H34N2O5/c1-34-25-9-3-2-6-21(25)7-4-14-31-15-12-29(33,13-16-31)23-10-11-26-22(18-23)19-27(36-26)28(32)30-20-24-8-5-17-35-24/h2-4,6-7,9-11,18-19,24,33H,5,8,12-17,20H2,1H3,(H,30,32)/b7-4+. The Hall–Kier alpha value is -3.13. The van der Waals surface area contributed by atoms with Crippen LogP contribution in [0.1, 0.15) is 47.4 Å². The number of piperidine rings is 1. The van der Waals surface area contributed by atoms with E-state index in [9.17, 15) is 9.90 Å². The van der Waals surface area contributed by atoms with Crippen LogP contribution in [-0.2, 0) is 10.3 Å². The first-order valence-electron chi connectivity index (χ1n) is 12.7. The van der Waals surface area contributed by atoms with Crippen LogP contribution in [0.15, 0.2) is 59.0 Å². The zero-order chi connectivity index (χ0) is 25.0. The first kappa shape index (κ1) is 24.6. The van der Waals surface area contributed by atoms with Gasteiger partial charge in [-0.2, -0.15) is 0 Å². The molecule has 36 heavy (non-hydrogen) atoms. The molecule has 0 spiro atoms. The average molecular weight is 491 g/mol. The van der Waals surface area contributed by atoms with E-state index < -0.39 is 5.60 Å². The molecule has 3 aromatic rings. The molecule has 2 aliphatic heterocycles. The maximum Gasteiger partial charge on any atom is 0.287 e. The summed E-state index contributed by atoms with van der Waals surface area (Å²) in [6, 6.07) is 15.4. The van der Waals surface area contributed by atoms with Gasteiger partial charge in [0.2, 0.25) is 0 Å². The summed E-state index contributed by atoms with van der Waals surface area (Å²) >= 11 is 0. The molecule has 2 saturated heterocycles. The third kappa shape index (κ3) is 5.48. The minimum absolute atomic E-state index is 0.0849. The molecule has 2 N–H and O–H groups in total. The molecule has 1 unspecified atom stereocenters. The molecule has 0 bridgehead atoms. The number of carbonyl (C=O) groups is 1. The van der Waals surface area contributed by atoms with Gasteiger partial charge in [-0.1, -0.05) is 36.4 Å². The van der Waals surface area contributed by atoms with E-state index in [1.54, 1.807) is 13.2 Å². The van der Waals surface area contributed by atoms with Gasteiger partial charge >= 0.3 is 0 Å². The number of hydrogen-bond donors (Lipinski definition) is 2. The van der Waals surface area contributed by atoms with Gasteiger partial charge in [0.25, 0.3) is 5.91 Å². The molecule has 0 radical (unpaired) electrons. The Labute approximate surface area is 211 Å². The first-order chi connectivity index (χ1) is 17.5. The molecule has 5 rings (SSSR count). The van der Waals surface area contributed by atoms with E-state index in [0.717, 1.165) is 61.3 Å². The maximum atomic E-state index is 12.5. The number of amides is 1. The molecule has 1 aromatic heterocycles. The minimum Gasteiger partial charge on any atom is -0.496 e. The van der Waals surface area contributed by atoms with Crippen LogP contribution in [-0.4, -0.2) is 61.9 Å². The predicted octanol–water partition coefficient (Wildman–Crippen LogP) is 4.35. The second kappa shape index (κ2) is 10.9. The molecule has 2 aliphatic rings. The largest absolute Gasteiger partial charge is 0.496 e. The molecule has 7 nitrogen and oxygen atoms in total. The van der Waals surface area contributed by atoms with Gasteiger partial charge < -0.3 is 24.3 Å². The molecule has 3 heterocycles. The Balaban J connectivity index is 1.18. The number of carbonyl (C=O) groups excluding carboxylic acids is 1. The number of nitrogens with one attached hydrogen (secondary N) is 1. The number of likely N-dealkylation sites (tertiary alicyclic amines) is 1. The van der Waals surface area contributed by atoms with Gasteiger partial charge in [-0.05, 0) is 55.5 Å². The monoisotopic (exact) mass is 490 g/mol. The summed E-state index contributed by atoms with van der Waals surface area (Å²) in [5, 5.41) is 15.2. The van der Waals surface area contributed by atoms with Gasteiger partial charge in [0, 0.05) is 43.7 Å². The van der Waals surface area contributed by atoms with E-state index in [1.807, 2.05) is 42.5 Å². The molecular weight excluding hydrogens is 456 g/mol. The highest BCUT2D eigenvalue weighted by Gasteiger charge is 2.34. The predicted molar refractivity (Wildman–Crippen MR) is 139 cm³/mol. The van der Waals surface area contributed by atoms with Crippen molar-refractivity contribution < 1.29 is 23.8 Å². The quantitative estimate of drug-likeness (QED) is 0.489. The Morgan fingerprint density at radius 2 is 2.06 bits per heavy atom. The number of ether oxygens (including phenoxy) is 2. The summed E-state index contributed by atoms with van der Waals surface area (Å²) < 4.78 is 16.8. The fourth-order valence-electron chi connectivity index (χ4n) is 5.07. The number of nitrogens with zero attached hydrogens (tertiary/aromatic N) is 1. The van der Waals surface area contributed by atoms with Crippen molar-refractivity contribution in [1.82, 2.24) is 10.2 Å². The number of benzene rings is 2. The van der Waals surface area contributed by atoms with Gasteiger partial charge in [-0.25, -0.2) is 0 Å². The van der Waals surface area contributed by atoms with Crippen LogP contribution in [0.25, 0.3) is 17.0 Å². The number of aliphatic hydroxyl groups is 1. The van der Waals surface area contributed by atoms with Gasteiger partial charge in [-0.3, -0.25) is 9.69 Å². The SMILES string of the molecule is COc1ccccc1/C=C/CN1CCC(O)(c2ccc3oc(C(=O)NCC4CCCO4)cc3c2)CC1. The average Bonchev–Trinajstić information content (AvgIpc) is 3.58. The van der Waals surface area contributed by atoms with Crippen LogP contribution in [0.2, 0.25) is 0 Å². The van der Waals surface area contributed by atoms with Crippen molar-refractivity contribution in [3.8, 4) is 5.75 Å². The summed E-state index contributed by atoms with van der Waals surface area (Å²) in [6.07, 6.45) is 7.61. The zero-order valence-corrected chi connectivity index (χ0v) is 20.7. The van der Waals surface area contributed by atoms with Crippen molar-refractivity contribution in [2.75, 3.05) is 39.9 Å². The lowest BCUT2D eigenvalue weighted by atomic mass is 9.84. The van der Waals surface area contributed by atoms with Crippen molar-refractivity contribution in [2.24, 2.45) is 0 Å². The molecule has 0 saturated carbocycles. The van der Waals surface area contributed by atoms with Crippen molar-refractivity contribution in [2.45, 2.75) is 37.4 Å². The normalized spacial score (nSPS) is 20.2. The Morgan fingerprint density at radius 3 is 2.83 bits per heavy atom. The number of fused-ring (bicyclic) bond motifs is 1. The minimum atomic E-state index is -0.892. The highest BCUT2D eigenvalue weighted by molar-refractivity contribution is 5.96. The van der Waals surface area contributed by atoms with Gasteiger partial charge in [0.15, 0.2) is 5.76 Å². The Morgan fingerprint density at radius 1 is 1.22 bits per heavy atom. The second-order valence-electron chi connectivity index (χ2n) is 9.68. The maximum absolute atomic E-state index is 12.5. The number of para-hydroxylation sites is 1. The van der Waals surface area contributed by atoms with Crippen LogP contribution in [0.5, 0.6) is 5.75 Å². The highest BCUT2D eigenvalue weighted by Crippen LogP contribution is 2.35. The zero-order valence-electron chi connectivity index (χ0n) is 20.7. The Bertz CT molecular complexity index is 1220. The first-order valence-corrected chi connectivity index (χ1v) is 12.7. The van der Waals surface area contributed by atoms with E-state index in [0.29, 0.717) is 25.0 Å². The number of hydrogen-bond acceptors (Lipinski definition) is 6. The van der Waals surface area contributed by atoms with Crippen molar-refractivity contribution in [1.29, 1.82) is 0 Å². The summed E-state index contributed by atoms with van der Waals surface area (Å²) in [6.45, 7) is 3.67. The van der Waals surface area contributed by atoms with Crippen LogP contribution < -0.4 is 10.1 Å². The third-order valence-corrected chi connectivity index (χ3v) is 7.27. The molecule has 1 amide bonds. The highest BCUT2D eigenvalue weighted by atomic mass is 16.5. The van der Waals surface area contributed by atoms with Crippen LogP contribution in [0, 0.1) is 0 Å². The lowest BCUT2D eigenvalue weighted by Crippen LogP contribution is -2.42. The number of rotatable bonds is 8. The fourth-order valence-corrected chi connectivity index (χ4v) is 5.07. The van der Waals surface area contributed by atoms with E-state index in [4.69, 9.17) is 13.9 Å². The molecular formula is C29H34N2O5. The number of furan rings is 1. The van der Waals surface area contributed by atoms with Gasteiger partial charge in [0.1, 0.15) is 11.3 Å². The fraction of sp³-hybridized carbons (Fsp3) is 0.414. The molecule has 7 heteroatoms.